The lowest BCUT2D eigenvalue weighted by Gasteiger charge is -2.22. The Balaban J connectivity index is 2.50. The van der Waals surface area contributed by atoms with Crippen LogP contribution < -0.4 is 10.6 Å². The van der Waals surface area contributed by atoms with Gasteiger partial charge in [0.15, 0.2) is 5.88 Å². The first kappa shape index (κ1) is 7.87. The quantitative estimate of drug-likeness (QED) is 0.503. The van der Waals surface area contributed by atoms with Crippen LogP contribution in [0, 0.1) is 0 Å². The number of hydrogen-bond donors (Lipinski definition) is 3. The van der Waals surface area contributed by atoms with Gasteiger partial charge in [-0.1, -0.05) is 0 Å². The van der Waals surface area contributed by atoms with Crippen LogP contribution in [0.4, 0.5) is 0 Å². The molecule has 0 aromatic heterocycles. The number of rotatable bonds is 2. The van der Waals surface area contributed by atoms with Crippen molar-refractivity contribution in [3.63, 3.8) is 0 Å². The number of carbonyl (C=O) groups is 1. The molecule has 0 saturated carbocycles. The molecule has 5 nitrogen and oxygen atoms in total. The molecule has 0 aromatic carbocycles. The predicted molar refractivity (Wildman–Crippen MR) is 37.4 cm³/mol. The molecule has 1 unspecified atom stereocenters. The second-order valence-corrected chi connectivity index (χ2v) is 2.02. The Morgan fingerprint density at radius 3 is 3.00 bits per heavy atom. The molecule has 0 radical (unpaired) electrons. The molecule has 1 rings (SSSR count). The summed E-state index contributed by atoms with van der Waals surface area (Å²) in [5, 5.41) is 13.8. The number of carbonyl (C=O) groups excluding carboxylic acids is 1. The zero-order valence-electron chi connectivity index (χ0n) is 6.13. The van der Waals surface area contributed by atoms with Gasteiger partial charge in [0.25, 0.3) is 5.91 Å². The molecule has 0 aliphatic carbocycles. The largest absolute Gasteiger partial charge is 0.495 e. The molecular weight excluding hydrogens is 148 g/mol. The van der Waals surface area contributed by atoms with Gasteiger partial charge in [-0.25, -0.2) is 0 Å². The second-order valence-electron chi connectivity index (χ2n) is 2.02. The van der Waals surface area contributed by atoms with Crippen molar-refractivity contribution in [2.75, 3.05) is 6.61 Å². The van der Waals surface area contributed by atoms with Crippen molar-refractivity contribution in [1.82, 2.24) is 10.6 Å². The first-order valence-electron chi connectivity index (χ1n) is 3.31. The average Bonchev–Trinajstić information content (AvgIpc) is 1.85. The van der Waals surface area contributed by atoms with Crippen LogP contribution in [0.3, 0.4) is 0 Å². The number of amides is 1. The molecule has 1 aliphatic rings. The molecule has 0 saturated heterocycles. The lowest BCUT2D eigenvalue weighted by molar-refractivity contribution is -0.123. The number of aliphatic hydroxyl groups excluding tert-OH is 1. The van der Waals surface area contributed by atoms with Gasteiger partial charge in [0, 0.05) is 6.61 Å². The SMILES string of the molecule is CCOC1NC(=O)C=C(O)N1. The molecule has 11 heavy (non-hydrogen) atoms. The van der Waals surface area contributed by atoms with Gasteiger partial charge in [-0.3, -0.25) is 4.79 Å². The molecule has 1 atom stereocenters. The molecule has 1 amide bonds. The van der Waals surface area contributed by atoms with E-state index in [4.69, 9.17) is 9.84 Å². The Morgan fingerprint density at radius 2 is 2.45 bits per heavy atom. The minimum Gasteiger partial charge on any atom is -0.495 e. The zero-order chi connectivity index (χ0) is 8.27. The van der Waals surface area contributed by atoms with Crippen LogP contribution in [0.1, 0.15) is 6.92 Å². The summed E-state index contributed by atoms with van der Waals surface area (Å²) >= 11 is 0. The Morgan fingerprint density at radius 1 is 1.73 bits per heavy atom. The molecule has 3 N–H and O–H groups in total. The van der Waals surface area contributed by atoms with E-state index >= 15 is 0 Å². The standard InChI is InChI=1S/C6H10N2O3/c1-2-11-6-7-4(9)3-5(10)8-6/h3,6-7,9H,2H2,1H3,(H,8,10). The van der Waals surface area contributed by atoms with Gasteiger partial charge in [0.05, 0.1) is 6.08 Å². The Bertz CT molecular complexity index is 190. The summed E-state index contributed by atoms with van der Waals surface area (Å²) < 4.78 is 4.98. The van der Waals surface area contributed by atoms with Gasteiger partial charge < -0.3 is 20.5 Å². The van der Waals surface area contributed by atoms with Gasteiger partial charge in [-0.2, -0.15) is 0 Å². The number of hydrogen-bond acceptors (Lipinski definition) is 4. The maximum Gasteiger partial charge on any atom is 0.252 e. The number of nitrogens with one attached hydrogen (secondary N) is 2. The van der Waals surface area contributed by atoms with Crippen LogP contribution in [0.15, 0.2) is 12.0 Å². The fourth-order valence-corrected chi connectivity index (χ4v) is 0.757. The number of ether oxygens (including phenoxy) is 1. The highest BCUT2D eigenvalue weighted by Gasteiger charge is 2.16. The first-order valence-corrected chi connectivity index (χ1v) is 3.31. The van der Waals surface area contributed by atoms with Crippen LogP contribution in [0.25, 0.3) is 0 Å². The molecule has 62 valence electrons. The van der Waals surface area contributed by atoms with Gasteiger partial charge in [0.2, 0.25) is 6.35 Å². The van der Waals surface area contributed by atoms with Crippen molar-refractivity contribution in [2.24, 2.45) is 0 Å². The fourth-order valence-electron chi connectivity index (χ4n) is 0.757. The Kier molecular flexibility index (Phi) is 2.32. The topological polar surface area (TPSA) is 70.6 Å². The molecule has 0 spiro atoms. The first-order chi connectivity index (χ1) is 5.22. The smallest absolute Gasteiger partial charge is 0.252 e. The Hall–Kier alpha value is -1.23. The van der Waals surface area contributed by atoms with E-state index < -0.39 is 6.35 Å². The molecule has 0 fully saturated rings. The van der Waals surface area contributed by atoms with Crippen LogP contribution >= 0.6 is 0 Å². The zero-order valence-corrected chi connectivity index (χ0v) is 6.13. The van der Waals surface area contributed by atoms with E-state index in [-0.39, 0.29) is 11.8 Å². The number of aliphatic hydroxyl groups is 1. The van der Waals surface area contributed by atoms with Crippen molar-refractivity contribution in [3.8, 4) is 0 Å². The molecule has 1 aliphatic heterocycles. The van der Waals surface area contributed by atoms with Crippen LogP contribution in [-0.4, -0.2) is 24.0 Å². The predicted octanol–water partition coefficient (Wildman–Crippen LogP) is -0.575. The van der Waals surface area contributed by atoms with E-state index in [0.29, 0.717) is 6.61 Å². The van der Waals surface area contributed by atoms with Crippen molar-refractivity contribution in [3.05, 3.63) is 12.0 Å². The van der Waals surface area contributed by atoms with E-state index in [0.717, 1.165) is 6.08 Å². The maximum atomic E-state index is 10.7. The maximum absolute atomic E-state index is 10.7. The third kappa shape index (κ3) is 2.12. The molecule has 5 heteroatoms. The fraction of sp³-hybridized carbons (Fsp3) is 0.500. The highest BCUT2D eigenvalue weighted by molar-refractivity contribution is 5.88. The van der Waals surface area contributed by atoms with E-state index in [1.165, 1.54) is 0 Å². The van der Waals surface area contributed by atoms with E-state index in [2.05, 4.69) is 10.6 Å². The summed E-state index contributed by atoms with van der Waals surface area (Å²) in [6, 6.07) is 0. The molecule has 1 heterocycles. The summed E-state index contributed by atoms with van der Waals surface area (Å²) in [4.78, 5) is 10.7. The minimum absolute atomic E-state index is 0.174. The van der Waals surface area contributed by atoms with Crippen molar-refractivity contribution in [2.45, 2.75) is 13.3 Å². The van der Waals surface area contributed by atoms with E-state index in [1.807, 2.05) is 0 Å². The van der Waals surface area contributed by atoms with Gasteiger partial charge in [-0.15, -0.1) is 0 Å². The van der Waals surface area contributed by atoms with Crippen LogP contribution in [-0.2, 0) is 9.53 Å². The monoisotopic (exact) mass is 158 g/mol. The van der Waals surface area contributed by atoms with Crippen molar-refractivity contribution < 1.29 is 14.6 Å². The average molecular weight is 158 g/mol. The lowest BCUT2D eigenvalue weighted by atomic mass is 10.4. The van der Waals surface area contributed by atoms with Crippen LogP contribution in [0.5, 0.6) is 0 Å². The molecule has 0 aromatic rings. The summed E-state index contributed by atoms with van der Waals surface area (Å²) in [5.74, 6) is -0.535. The normalized spacial score (nSPS) is 23.5. The van der Waals surface area contributed by atoms with Gasteiger partial charge in [-0.05, 0) is 6.92 Å². The van der Waals surface area contributed by atoms with Crippen LogP contribution in [0.2, 0.25) is 0 Å². The third-order valence-electron chi connectivity index (χ3n) is 1.15. The van der Waals surface area contributed by atoms with E-state index in [1.54, 1.807) is 6.92 Å². The summed E-state index contributed by atoms with van der Waals surface area (Å²) in [6.07, 6.45) is 0.438. The minimum atomic E-state index is -0.613. The highest BCUT2D eigenvalue weighted by Crippen LogP contribution is 1.94. The van der Waals surface area contributed by atoms with Crippen molar-refractivity contribution in [1.29, 1.82) is 0 Å². The van der Waals surface area contributed by atoms with Gasteiger partial charge in [0.1, 0.15) is 0 Å². The Labute approximate surface area is 64.0 Å². The summed E-state index contributed by atoms with van der Waals surface area (Å²) in [6.45, 7) is 2.26. The van der Waals surface area contributed by atoms with Crippen molar-refractivity contribution >= 4 is 5.91 Å². The highest BCUT2D eigenvalue weighted by atomic mass is 16.5. The lowest BCUT2D eigenvalue weighted by Crippen LogP contribution is -2.49. The summed E-state index contributed by atoms with van der Waals surface area (Å²) in [7, 11) is 0. The second kappa shape index (κ2) is 3.25. The van der Waals surface area contributed by atoms with Gasteiger partial charge >= 0.3 is 0 Å². The molecular formula is C6H10N2O3. The van der Waals surface area contributed by atoms with E-state index in [9.17, 15) is 4.79 Å². The summed E-state index contributed by atoms with van der Waals surface area (Å²) in [5.41, 5.74) is 0. The molecule has 0 bridgehead atoms. The third-order valence-corrected chi connectivity index (χ3v) is 1.15.